The van der Waals surface area contributed by atoms with Gasteiger partial charge in [-0.15, -0.1) is 0 Å². The van der Waals surface area contributed by atoms with Crippen molar-refractivity contribution in [3.63, 3.8) is 0 Å². The lowest BCUT2D eigenvalue weighted by atomic mass is 9.41. The zero-order valence-electron chi connectivity index (χ0n) is 41.0. The Labute approximate surface area is 403 Å². The number of hydrogen-bond donors (Lipinski definition) is 0. The predicted molar refractivity (Wildman–Crippen MR) is 281 cm³/mol. The Bertz CT molecular complexity index is 3190. The number of benzene rings is 7. The molecule has 8 aromatic rings. The van der Waals surface area contributed by atoms with Crippen molar-refractivity contribution in [1.29, 1.82) is 5.26 Å². The minimum Gasteiger partial charge on any atom is -0.208 e. The van der Waals surface area contributed by atoms with Crippen LogP contribution in [0.4, 0.5) is 0 Å². The van der Waals surface area contributed by atoms with Gasteiger partial charge in [0.15, 0.2) is 17.5 Å². The van der Waals surface area contributed by atoms with Gasteiger partial charge in [0, 0.05) is 16.7 Å². The lowest BCUT2D eigenvalue weighted by Gasteiger charge is -2.63. The zero-order chi connectivity index (χ0) is 47.2. The Hall–Kier alpha value is -6.70. The fraction of sp³-hybridized carbons (Fsp3) is 0.312. The van der Waals surface area contributed by atoms with Gasteiger partial charge in [0.05, 0.1) is 11.6 Å². The monoisotopic (exact) mass is 886 g/mol. The molecule has 2 unspecified atom stereocenters. The van der Waals surface area contributed by atoms with Crippen LogP contribution in [0.1, 0.15) is 119 Å². The molecule has 4 saturated carbocycles. The molecule has 2 atom stereocenters. The number of nitrogens with zero attached hydrogens (tertiary/aromatic N) is 4. The Morgan fingerprint density at radius 2 is 0.853 bits per heavy atom. The number of rotatable bonds is 7. The highest BCUT2D eigenvalue weighted by Crippen LogP contribution is 2.66. The van der Waals surface area contributed by atoms with E-state index in [1.54, 1.807) is 5.56 Å². The summed E-state index contributed by atoms with van der Waals surface area (Å²) in [6, 6.07) is 55.9. The number of aromatic nitrogens is 3. The second kappa shape index (κ2) is 16.2. The van der Waals surface area contributed by atoms with Gasteiger partial charge in [-0.2, -0.15) is 5.26 Å². The van der Waals surface area contributed by atoms with Gasteiger partial charge in [-0.3, -0.25) is 0 Å². The van der Waals surface area contributed by atoms with Crippen LogP contribution in [0.25, 0.3) is 67.2 Å². The van der Waals surface area contributed by atoms with Crippen molar-refractivity contribution in [1.82, 2.24) is 15.0 Å². The molecule has 4 aliphatic rings. The number of nitriles is 1. The maximum absolute atomic E-state index is 9.34. The molecule has 4 heteroatoms. The van der Waals surface area contributed by atoms with E-state index in [2.05, 4.69) is 195 Å². The van der Waals surface area contributed by atoms with Crippen LogP contribution in [-0.2, 0) is 21.7 Å². The largest absolute Gasteiger partial charge is 0.208 e. The molecule has 7 aromatic carbocycles. The van der Waals surface area contributed by atoms with Crippen LogP contribution < -0.4 is 0 Å². The molecule has 0 spiro atoms. The minimum absolute atomic E-state index is 0.0545. The van der Waals surface area contributed by atoms with Gasteiger partial charge in [0.2, 0.25) is 0 Å². The maximum atomic E-state index is 9.34. The van der Waals surface area contributed by atoms with Crippen molar-refractivity contribution in [2.24, 2.45) is 11.8 Å². The normalized spacial score (nSPS) is 21.0. The summed E-state index contributed by atoms with van der Waals surface area (Å²) in [4.78, 5) is 15.3. The van der Waals surface area contributed by atoms with E-state index in [4.69, 9.17) is 15.0 Å². The van der Waals surface area contributed by atoms with Crippen molar-refractivity contribution in [2.75, 3.05) is 0 Å². The van der Waals surface area contributed by atoms with Crippen molar-refractivity contribution in [3.05, 3.63) is 185 Å². The molecule has 0 aliphatic heterocycles. The van der Waals surface area contributed by atoms with Crippen LogP contribution in [0, 0.1) is 37.0 Å². The van der Waals surface area contributed by atoms with Gasteiger partial charge >= 0.3 is 0 Å². The van der Waals surface area contributed by atoms with E-state index >= 15 is 0 Å². The van der Waals surface area contributed by atoms with E-state index in [9.17, 15) is 5.26 Å². The quantitative estimate of drug-likeness (QED) is 0.160. The first-order valence-corrected chi connectivity index (χ1v) is 24.8. The van der Waals surface area contributed by atoms with E-state index in [-0.39, 0.29) is 21.7 Å². The van der Waals surface area contributed by atoms with Crippen LogP contribution in [0.3, 0.4) is 0 Å². The standard InChI is InChI=1S/C64H62N4/c1-40-29-54(25-27-56(40)45-11-9-42(38-65)10-12-45)63-34-43-31-44(35-63)37-64(36-43,39-63)55-26-28-57(41(2)30-55)50-15-13-49-33-51(16-14-48(49)32-50)60-67-58(46-17-21-52(22-18-46)61(3,4)5)66-59(68-60)47-19-23-53(24-20-47)62(6,7)8/h9-30,32-33,43-44H,31,34-37,39H2,1-8H3. The Morgan fingerprint density at radius 1 is 0.456 bits per heavy atom. The van der Waals surface area contributed by atoms with Crippen LogP contribution in [0.5, 0.6) is 0 Å². The SMILES string of the molecule is Cc1cc(C23CC4CC(C2)CC(c2ccc(-c5ccc6cc(-c7nc(-c8ccc(C(C)(C)C)cc8)nc(-c8ccc(C(C)(C)C)cc8)n7)ccc6c5)c(C)c2)(C4)C3)ccc1-c1ccc(C#N)cc1. The lowest BCUT2D eigenvalue weighted by Crippen LogP contribution is -2.56. The molecule has 0 amide bonds. The van der Waals surface area contributed by atoms with E-state index in [1.807, 2.05) is 12.1 Å². The van der Waals surface area contributed by atoms with Gasteiger partial charge in [-0.1, -0.05) is 163 Å². The molecular weight excluding hydrogens is 825 g/mol. The average molecular weight is 887 g/mol. The van der Waals surface area contributed by atoms with Crippen LogP contribution >= 0.6 is 0 Å². The van der Waals surface area contributed by atoms with Gasteiger partial charge in [-0.25, -0.2) is 15.0 Å². The lowest BCUT2D eigenvalue weighted by molar-refractivity contribution is -0.0281. The summed E-state index contributed by atoms with van der Waals surface area (Å²) in [6.45, 7) is 18.0. The molecule has 338 valence electrons. The molecule has 0 radical (unpaired) electrons. The fourth-order valence-electron chi connectivity index (χ4n) is 12.9. The second-order valence-corrected chi connectivity index (χ2v) is 23.0. The van der Waals surface area contributed by atoms with Crippen LogP contribution in [-0.4, -0.2) is 15.0 Å². The third-order valence-electron chi connectivity index (χ3n) is 16.1. The summed E-state index contributed by atoms with van der Waals surface area (Å²) in [7, 11) is 0. The molecule has 1 heterocycles. The summed E-state index contributed by atoms with van der Waals surface area (Å²) in [5.74, 6) is 3.57. The summed E-state index contributed by atoms with van der Waals surface area (Å²) >= 11 is 0. The molecule has 68 heavy (non-hydrogen) atoms. The maximum Gasteiger partial charge on any atom is 0.164 e. The minimum atomic E-state index is 0.0545. The predicted octanol–water partition coefficient (Wildman–Crippen LogP) is 16.2. The average Bonchev–Trinajstić information content (AvgIpc) is 3.32. The first kappa shape index (κ1) is 43.8. The van der Waals surface area contributed by atoms with Gasteiger partial charge < -0.3 is 0 Å². The number of hydrogen-bond acceptors (Lipinski definition) is 4. The van der Waals surface area contributed by atoms with Crippen LogP contribution in [0.2, 0.25) is 0 Å². The highest BCUT2D eigenvalue weighted by Gasteiger charge is 2.58. The van der Waals surface area contributed by atoms with E-state index in [0.29, 0.717) is 23.0 Å². The van der Waals surface area contributed by atoms with Crippen molar-refractivity contribution in [3.8, 4) is 62.5 Å². The third kappa shape index (κ3) is 7.94. The first-order valence-electron chi connectivity index (χ1n) is 24.8. The van der Waals surface area contributed by atoms with Crippen LogP contribution in [0.15, 0.2) is 146 Å². The molecule has 4 fully saturated rings. The van der Waals surface area contributed by atoms with Gasteiger partial charge in [0.25, 0.3) is 0 Å². The molecule has 1 aromatic heterocycles. The third-order valence-corrected chi connectivity index (χ3v) is 16.1. The highest BCUT2D eigenvalue weighted by atomic mass is 15.0. The molecule has 4 aliphatic carbocycles. The molecule has 12 rings (SSSR count). The number of aryl methyl sites for hydroxylation is 2. The molecule has 0 N–H and O–H groups in total. The van der Waals surface area contributed by atoms with Crippen molar-refractivity contribution < 1.29 is 0 Å². The molecule has 0 saturated heterocycles. The molecule has 4 bridgehead atoms. The summed E-state index contributed by atoms with van der Waals surface area (Å²) in [6.07, 6.45) is 7.85. The first-order chi connectivity index (χ1) is 32.5. The molecular formula is C64H62N4. The van der Waals surface area contributed by atoms with Crippen molar-refractivity contribution >= 4 is 10.8 Å². The van der Waals surface area contributed by atoms with Gasteiger partial charge in [0.1, 0.15) is 0 Å². The summed E-state index contributed by atoms with van der Waals surface area (Å²) < 4.78 is 0. The number of fused-ring (bicyclic) bond motifs is 1. The fourth-order valence-corrected chi connectivity index (χ4v) is 12.9. The van der Waals surface area contributed by atoms with E-state index in [0.717, 1.165) is 33.9 Å². The Morgan fingerprint density at radius 3 is 1.29 bits per heavy atom. The summed E-state index contributed by atoms with van der Waals surface area (Å²) in [5, 5.41) is 11.7. The van der Waals surface area contributed by atoms with E-state index in [1.165, 1.54) is 94.0 Å². The van der Waals surface area contributed by atoms with E-state index < -0.39 is 0 Å². The topological polar surface area (TPSA) is 62.5 Å². The highest BCUT2D eigenvalue weighted by molar-refractivity contribution is 5.91. The Kier molecular flexibility index (Phi) is 10.5. The van der Waals surface area contributed by atoms with Gasteiger partial charge in [-0.05, 0) is 177 Å². The summed E-state index contributed by atoms with van der Waals surface area (Å²) in [5.41, 5.74) is 17.5. The Balaban J connectivity index is 0.885. The molecule has 4 nitrogen and oxygen atoms in total. The smallest absolute Gasteiger partial charge is 0.164 e. The zero-order valence-corrected chi connectivity index (χ0v) is 41.0. The second-order valence-electron chi connectivity index (χ2n) is 23.0. The van der Waals surface area contributed by atoms with Crippen molar-refractivity contribution in [2.45, 2.75) is 116 Å².